The molecule has 3 N–H and O–H groups in total. The van der Waals surface area contributed by atoms with Crippen LogP contribution in [0.2, 0.25) is 0 Å². The number of thiophene rings is 1. The fraction of sp³-hybridized carbons (Fsp3) is 0.714. The van der Waals surface area contributed by atoms with E-state index >= 15 is 0 Å². The summed E-state index contributed by atoms with van der Waals surface area (Å²) in [5, 5.41) is 5.12. The van der Waals surface area contributed by atoms with Crippen molar-refractivity contribution < 1.29 is 9.59 Å². The van der Waals surface area contributed by atoms with E-state index in [1.807, 2.05) is 11.0 Å². The van der Waals surface area contributed by atoms with Crippen molar-refractivity contribution in [2.45, 2.75) is 57.8 Å². The van der Waals surface area contributed by atoms with Crippen molar-refractivity contribution in [2.24, 2.45) is 17.1 Å². The zero-order chi connectivity index (χ0) is 19.1. The molecule has 5 nitrogen and oxygen atoms in total. The van der Waals surface area contributed by atoms with E-state index in [2.05, 4.69) is 16.8 Å². The fourth-order valence-electron chi connectivity index (χ4n) is 4.49. The Balaban J connectivity index is 1.39. The largest absolute Gasteiger partial charge is 0.355 e. The second kappa shape index (κ2) is 9.69. The lowest BCUT2D eigenvalue weighted by Gasteiger charge is -2.38. The standard InChI is InChI=1S/C21H33N3O2S/c22-16-21(9-2-1-3-10-21)15-19(25)24-12-7-17(8-13-24)20(26)23-11-6-18-5-4-14-27-18/h4-5,14,17H,1-3,6-13,15-16,22H2,(H,23,26). The molecule has 1 aromatic rings. The second-order valence-corrected chi connectivity index (χ2v) is 9.25. The highest BCUT2D eigenvalue weighted by Crippen LogP contribution is 2.39. The lowest BCUT2D eigenvalue weighted by Crippen LogP contribution is -2.46. The van der Waals surface area contributed by atoms with Gasteiger partial charge in [-0.2, -0.15) is 0 Å². The number of nitrogens with one attached hydrogen (secondary N) is 1. The van der Waals surface area contributed by atoms with Gasteiger partial charge in [-0.1, -0.05) is 25.3 Å². The summed E-state index contributed by atoms with van der Waals surface area (Å²) in [6, 6.07) is 4.14. The van der Waals surface area contributed by atoms with Gasteiger partial charge in [-0.25, -0.2) is 0 Å². The monoisotopic (exact) mass is 391 g/mol. The molecule has 0 aromatic carbocycles. The molecular weight excluding hydrogens is 358 g/mol. The first-order chi connectivity index (χ1) is 13.1. The van der Waals surface area contributed by atoms with E-state index in [0.29, 0.717) is 32.6 Å². The molecule has 2 heterocycles. The molecule has 0 atom stereocenters. The van der Waals surface area contributed by atoms with Crippen molar-refractivity contribution in [3.05, 3.63) is 22.4 Å². The number of carbonyl (C=O) groups is 2. The summed E-state index contributed by atoms with van der Waals surface area (Å²) in [4.78, 5) is 28.4. The summed E-state index contributed by atoms with van der Waals surface area (Å²) in [5.41, 5.74) is 6.06. The van der Waals surface area contributed by atoms with Gasteiger partial charge >= 0.3 is 0 Å². The minimum atomic E-state index is 0.0192. The van der Waals surface area contributed by atoms with Crippen LogP contribution < -0.4 is 11.1 Å². The number of nitrogens with zero attached hydrogens (tertiary/aromatic N) is 1. The van der Waals surface area contributed by atoms with Crippen LogP contribution in [-0.4, -0.2) is 42.9 Å². The molecule has 1 aromatic heterocycles. The third-order valence-corrected chi connectivity index (χ3v) is 7.28. The molecule has 1 saturated heterocycles. The van der Waals surface area contributed by atoms with Crippen LogP contribution in [0.15, 0.2) is 17.5 Å². The number of rotatable bonds is 7. The summed E-state index contributed by atoms with van der Waals surface area (Å²) in [7, 11) is 0. The molecule has 0 unspecified atom stereocenters. The van der Waals surface area contributed by atoms with E-state index in [-0.39, 0.29) is 23.1 Å². The molecule has 0 bridgehead atoms. The second-order valence-electron chi connectivity index (χ2n) is 8.22. The smallest absolute Gasteiger partial charge is 0.223 e. The van der Waals surface area contributed by atoms with Crippen LogP contribution in [0.5, 0.6) is 0 Å². The molecule has 1 aliphatic heterocycles. The van der Waals surface area contributed by atoms with Gasteiger partial charge in [-0.3, -0.25) is 9.59 Å². The van der Waals surface area contributed by atoms with Crippen molar-refractivity contribution >= 4 is 23.2 Å². The first kappa shape index (κ1) is 20.3. The summed E-state index contributed by atoms with van der Waals surface area (Å²) in [6.45, 7) is 2.70. The molecule has 0 radical (unpaired) electrons. The van der Waals surface area contributed by atoms with Crippen molar-refractivity contribution in [3.63, 3.8) is 0 Å². The van der Waals surface area contributed by atoms with Crippen molar-refractivity contribution in [3.8, 4) is 0 Å². The number of piperidine rings is 1. The number of hydrogen-bond acceptors (Lipinski definition) is 4. The van der Waals surface area contributed by atoms with E-state index < -0.39 is 0 Å². The first-order valence-corrected chi connectivity index (χ1v) is 11.3. The third-order valence-electron chi connectivity index (χ3n) is 6.34. The van der Waals surface area contributed by atoms with Gasteiger partial charge in [0.05, 0.1) is 0 Å². The molecule has 27 heavy (non-hydrogen) atoms. The number of amides is 2. The van der Waals surface area contributed by atoms with Crippen molar-refractivity contribution in [1.82, 2.24) is 10.2 Å². The maximum Gasteiger partial charge on any atom is 0.223 e. The van der Waals surface area contributed by atoms with Gasteiger partial charge in [0.15, 0.2) is 0 Å². The van der Waals surface area contributed by atoms with Crippen molar-refractivity contribution in [2.75, 3.05) is 26.2 Å². The molecule has 150 valence electrons. The van der Waals surface area contributed by atoms with Crippen LogP contribution in [-0.2, 0) is 16.0 Å². The average molecular weight is 392 g/mol. The maximum absolute atomic E-state index is 12.8. The molecular formula is C21H33N3O2S. The van der Waals surface area contributed by atoms with Gasteiger partial charge in [-0.05, 0) is 55.5 Å². The van der Waals surface area contributed by atoms with Crippen LogP contribution in [0.1, 0.15) is 56.2 Å². The highest BCUT2D eigenvalue weighted by molar-refractivity contribution is 7.09. The number of hydrogen-bond donors (Lipinski definition) is 2. The first-order valence-electron chi connectivity index (χ1n) is 10.4. The van der Waals surface area contributed by atoms with Gasteiger partial charge in [0.25, 0.3) is 0 Å². The molecule has 2 fully saturated rings. The molecule has 1 aliphatic carbocycles. The predicted molar refractivity (Wildman–Crippen MR) is 110 cm³/mol. The predicted octanol–water partition coefficient (Wildman–Crippen LogP) is 2.94. The zero-order valence-corrected chi connectivity index (χ0v) is 17.1. The lowest BCUT2D eigenvalue weighted by molar-refractivity contribution is -0.138. The van der Waals surface area contributed by atoms with Crippen LogP contribution >= 0.6 is 11.3 Å². The molecule has 2 amide bonds. The van der Waals surface area contributed by atoms with Gasteiger partial charge in [0.2, 0.25) is 11.8 Å². The number of likely N-dealkylation sites (tertiary alicyclic amines) is 1. The molecule has 2 aliphatic rings. The Kier molecular flexibility index (Phi) is 7.30. The van der Waals surface area contributed by atoms with Crippen LogP contribution in [0.3, 0.4) is 0 Å². The third kappa shape index (κ3) is 5.55. The number of nitrogens with two attached hydrogens (primary N) is 1. The lowest BCUT2D eigenvalue weighted by atomic mass is 9.71. The molecule has 3 rings (SSSR count). The fourth-order valence-corrected chi connectivity index (χ4v) is 5.20. The van der Waals surface area contributed by atoms with Gasteiger partial charge in [0, 0.05) is 36.9 Å². The highest BCUT2D eigenvalue weighted by Gasteiger charge is 2.35. The summed E-state index contributed by atoms with van der Waals surface area (Å²) in [5.74, 6) is 0.416. The maximum atomic E-state index is 12.8. The minimum Gasteiger partial charge on any atom is -0.355 e. The van der Waals surface area contributed by atoms with E-state index in [4.69, 9.17) is 5.73 Å². The quantitative estimate of drug-likeness (QED) is 0.750. The minimum absolute atomic E-state index is 0.0192. The SMILES string of the molecule is NCC1(CC(=O)N2CCC(C(=O)NCCc3cccs3)CC2)CCCCC1. The van der Waals surface area contributed by atoms with E-state index in [0.717, 1.165) is 32.1 Å². The van der Waals surface area contributed by atoms with Gasteiger partial charge in [0.1, 0.15) is 0 Å². The highest BCUT2D eigenvalue weighted by atomic mass is 32.1. The Bertz CT molecular complexity index is 603. The topological polar surface area (TPSA) is 75.4 Å². The van der Waals surface area contributed by atoms with Gasteiger partial charge < -0.3 is 16.0 Å². The Hall–Kier alpha value is -1.40. The zero-order valence-electron chi connectivity index (χ0n) is 16.3. The van der Waals surface area contributed by atoms with E-state index in [1.54, 1.807) is 11.3 Å². The Morgan fingerprint density at radius 1 is 1.22 bits per heavy atom. The van der Waals surface area contributed by atoms with Crippen LogP contribution in [0.4, 0.5) is 0 Å². The number of carbonyl (C=O) groups excluding carboxylic acids is 2. The van der Waals surface area contributed by atoms with Crippen LogP contribution in [0.25, 0.3) is 0 Å². The summed E-state index contributed by atoms with van der Waals surface area (Å²) in [6.07, 6.45) is 8.83. The summed E-state index contributed by atoms with van der Waals surface area (Å²) >= 11 is 1.72. The van der Waals surface area contributed by atoms with Crippen LogP contribution in [0, 0.1) is 11.3 Å². The molecule has 1 saturated carbocycles. The van der Waals surface area contributed by atoms with Crippen molar-refractivity contribution in [1.29, 1.82) is 0 Å². The molecule has 6 heteroatoms. The Morgan fingerprint density at radius 3 is 2.59 bits per heavy atom. The van der Waals surface area contributed by atoms with E-state index in [9.17, 15) is 9.59 Å². The van der Waals surface area contributed by atoms with Gasteiger partial charge in [-0.15, -0.1) is 11.3 Å². The Labute approximate surface area is 166 Å². The average Bonchev–Trinajstić information content (AvgIpc) is 3.22. The Morgan fingerprint density at radius 2 is 1.96 bits per heavy atom. The summed E-state index contributed by atoms with van der Waals surface area (Å²) < 4.78 is 0. The van der Waals surface area contributed by atoms with E-state index in [1.165, 1.54) is 24.1 Å². The molecule has 0 spiro atoms. The normalized spacial score (nSPS) is 20.4.